The number of carbonyl (C=O) groups excluding carboxylic acids is 2. The van der Waals surface area contributed by atoms with Gasteiger partial charge in [-0.05, 0) is 30.2 Å². The number of nitrogens with zero attached hydrogens (tertiary/aromatic N) is 1. The number of hydrogen-bond acceptors (Lipinski definition) is 6. The van der Waals surface area contributed by atoms with E-state index in [4.69, 9.17) is 12.2 Å². The molecule has 1 heterocycles. The summed E-state index contributed by atoms with van der Waals surface area (Å²) in [5, 5.41) is 0. The lowest BCUT2D eigenvalue weighted by atomic mass is 10.2. The average molecular weight is 488 g/mol. The number of rotatable bonds is 9. The van der Waals surface area contributed by atoms with Crippen LogP contribution in [0.25, 0.3) is 6.08 Å². The van der Waals surface area contributed by atoms with E-state index in [-0.39, 0.29) is 23.8 Å². The molecule has 2 aromatic rings. The number of hydrazine groups is 1. The molecule has 0 atom stereocenters. The molecule has 0 saturated carbocycles. The fourth-order valence-corrected chi connectivity index (χ4v) is 4.90. The molecule has 166 valence electrons. The number of carbonyl (C=O) groups is 2. The summed E-state index contributed by atoms with van der Waals surface area (Å²) in [6, 6.07) is 17.4. The maximum absolute atomic E-state index is 12.6. The first kappa shape index (κ1) is 23.9. The molecule has 3 rings (SSSR count). The second-order valence-corrected chi connectivity index (χ2v) is 10.1. The number of allylic oxidation sites excluding steroid dienone is 2. The Bertz CT molecular complexity index is 1150. The van der Waals surface area contributed by atoms with Gasteiger partial charge in [-0.25, -0.2) is 8.42 Å². The van der Waals surface area contributed by atoms with Gasteiger partial charge >= 0.3 is 0 Å². The van der Waals surface area contributed by atoms with Gasteiger partial charge in [0.1, 0.15) is 4.32 Å². The third-order valence-corrected chi connectivity index (χ3v) is 7.03. The molecule has 2 N–H and O–H groups in total. The Kier molecular flexibility index (Phi) is 8.34. The maximum Gasteiger partial charge on any atom is 0.266 e. The van der Waals surface area contributed by atoms with Gasteiger partial charge in [-0.2, -0.15) is 0 Å². The van der Waals surface area contributed by atoms with Crippen LogP contribution in [0.15, 0.2) is 82.6 Å². The summed E-state index contributed by atoms with van der Waals surface area (Å²) in [5.41, 5.74) is 3.20. The molecule has 0 unspecified atom stereocenters. The minimum atomic E-state index is -3.83. The van der Waals surface area contributed by atoms with E-state index in [1.54, 1.807) is 30.4 Å². The molecule has 1 aliphatic heterocycles. The van der Waals surface area contributed by atoms with Gasteiger partial charge in [0.05, 0.1) is 9.80 Å². The van der Waals surface area contributed by atoms with Crippen LogP contribution in [-0.4, -0.2) is 36.0 Å². The lowest BCUT2D eigenvalue weighted by Crippen LogP contribution is -2.41. The van der Waals surface area contributed by atoms with Crippen molar-refractivity contribution in [2.45, 2.75) is 17.7 Å². The van der Waals surface area contributed by atoms with Crippen molar-refractivity contribution in [3.05, 3.63) is 83.3 Å². The van der Waals surface area contributed by atoms with Crippen LogP contribution in [0.3, 0.4) is 0 Å². The summed E-state index contributed by atoms with van der Waals surface area (Å²) in [7, 11) is -3.83. The van der Waals surface area contributed by atoms with E-state index in [9.17, 15) is 18.0 Å². The van der Waals surface area contributed by atoms with Crippen LogP contribution >= 0.6 is 24.0 Å². The van der Waals surface area contributed by atoms with Crippen molar-refractivity contribution in [1.29, 1.82) is 0 Å². The van der Waals surface area contributed by atoms with Crippen LogP contribution in [0.4, 0.5) is 0 Å². The second-order valence-electron chi connectivity index (χ2n) is 6.70. The molecule has 0 aromatic heterocycles. The van der Waals surface area contributed by atoms with Gasteiger partial charge in [0.2, 0.25) is 5.91 Å². The van der Waals surface area contributed by atoms with Crippen LogP contribution in [0.1, 0.15) is 18.4 Å². The van der Waals surface area contributed by atoms with E-state index < -0.39 is 15.9 Å². The van der Waals surface area contributed by atoms with Crippen molar-refractivity contribution in [2.75, 3.05) is 6.54 Å². The van der Waals surface area contributed by atoms with Gasteiger partial charge in [-0.1, -0.05) is 84.7 Å². The minimum absolute atomic E-state index is 0.0291. The Hall–Kier alpha value is -2.79. The molecular weight excluding hydrogens is 466 g/mol. The zero-order valence-electron chi connectivity index (χ0n) is 16.9. The van der Waals surface area contributed by atoms with E-state index in [0.29, 0.717) is 15.6 Å². The van der Waals surface area contributed by atoms with Crippen LogP contribution in [0.2, 0.25) is 0 Å². The van der Waals surface area contributed by atoms with Gasteiger partial charge in [-0.15, -0.1) is 4.83 Å². The van der Waals surface area contributed by atoms with E-state index in [0.717, 1.165) is 5.56 Å². The number of sulfonamides is 1. The van der Waals surface area contributed by atoms with Gasteiger partial charge in [0, 0.05) is 13.0 Å². The number of thioether (sulfide) groups is 1. The molecule has 10 heteroatoms. The molecule has 2 aromatic carbocycles. The van der Waals surface area contributed by atoms with E-state index in [1.165, 1.54) is 28.8 Å². The molecule has 0 bridgehead atoms. The molecular formula is C22H21N3O4S3. The Labute approximate surface area is 196 Å². The number of nitrogens with one attached hydrogen (secondary N) is 2. The Morgan fingerprint density at radius 2 is 1.72 bits per heavy atom. The largest absolute Gasteiger partial charge is 0.293 e. The molecule has 0 aliphatic carbocycles. The van der Waals surface area contributed by atoms with Gasteiger partial charge in [0.15, 0.2) is 0 Å². The summed E-state index contributed by atoms with van der Waals surface area (Å²) in [6.07, 6.45) is 5.78. The predicted octanol–water partition coefficient (Wildman–Crippen LogP) is 3.23. The average Bonchev–Trinajstić information content (AvgIpc) is 3.06. The SMILES string of the molecule is O=C(CCCN1C(=O)/C(=C/C=C/c2ccccc2)SC1=S)NNS(=O)(=O)c1ccccc1. The Morgan fingerprint density at radius 1 is 1.06 bits per heavy atom. The summed E-state index contributed by atoms with van der Waals surface area (Å²) in [5.74, 6) is -0.709. The zero-order valence-corrected chi connectivity index (χ0v) is 19.4. The van der Waals surface area contributed by atoms with E-state index in [2.05, 4.69) is 10.3 Å². The molecule has 0 spiro atoms. The van der Waals surface area contributed by atoms with Crippen molar-refractivity contribution >= 4 is 56.2 Å². The fourth-order valence-electron chi connectivity index (χ4n) is 2.76. The summed E-state index contributed by atoms with van der Waals surface area (Å²) < 4.78 is 24.6. The molecule has 32 heavy (non-hydrogen) atoms. The number of benzene rings is 2. The minimum Gasteiger partial charge on any atom is -0.293 e. The highest BCUT2D eigenvalue weighted by atomic mass is 32.2. The highest BCUT2D eigenvalue weighted by Crippen LogP contribution is 2.31. The molecule has 1 aliphatic rings. The quantitative estimate of drug-likeness (QED) is 0.320. The third kappa shape index (κ3) is 6.60. The fraction of sp³-hybridized carbons (Fsp3) is 0.136. The smallest absolute Gasteiger partial charge is 0.266 e. The van der Waals surface area contributed by atoms with Crippen LogP contribution in [-0.2, 0) is 19.6 Å². The van der Waals surface area contributed by atoms with Crippen molar-refractivity contribution in [1.82, 2.24) is 15.2 Å². The summed E-state index contributed by atoms with van der Waals surface area (Å²) in [4.78, 5) is 28.6. The standard InChI is InChI=1S/C22H21N3O4S3/c26-20(23-24-32(28,29)18-12-5-2-6-13-18)15-8-16-25-21(27)19(31-22(25)30)14-7-11-17-9-3-1-4-10-17/h1-7,9-14,24H,8,15-16H2,(H,23,26)/b11-7+,19-14-. The highest BCUT2D eigenvalue weighted by Gasteiger charge is 2.31. The lowest BCUT2D eigenvalue weighted by Gasteiger charge is -2.14. The van der Waals surface area contributed by atoms with Crippen molar-refractivity contribution < 1.29 is 18.0 Å². The topological polar surface area (TPSA) is 95.6 Å². The van der Waals surface area contributed by atoms with Crippen molar-refractivity contribution in [3.63, 3.8) is 0 Å². The lowest BCUT2D eigenvalue weighted by molar-refractivity contribution is -0.124. The van der Waals surface area contributed by atoms with Crippen LogP contribution in [0, 0.1) is 0 Å². The van der Waals surface area contributed by atoms with E-state index >= 15 is 0 Å². The van der Waals surface area contributed by atoms with Crippen LogP contribution in [0.5, 0.6) is 0 Å². The van der Waals surface area contributed by atoms with Gasteiger partial charge < -0.3 is 0 Å². The molecule has 1 fully saturated rings. The molecule has 7 nitrogen and oxygen atoms in total. The van der Waals surface area contributed by atoms with Gasteiger partial charge in [0.25, 0.3) is 15.9 Å². The molecule has 0 radical (unpaired) electrons. The maximum atomic E-state index is 12.6. The van der Waals surface area contributed by atoms with Crippen molar-refractivity contribution in [3.8, 4) is 0 Å². The summed E-state index contributed by atoms with van der Waals surface area (Å²) in [6.45, 7) is 0.267. The number of amides is 2. The number of thiocarbonyl (C=S) groups is 1. The third-order valence-electron chi connectivity index (χ3n) is 4.37. The van der Waals surface area contributed by atoms with E-state index in [1.807, 2.05) is 36.4 Å². The Morgan fingerprint density at radius 3 is 2.41 bits per heavy atom. The normalized spacial score (nSPS) is 15.6. The summed E-state index contributed by atoms with van der Waals surface area (Å²) >= 11 is 6.50. The number of hydrogen-bond donors (Lipinski definition) is 2. The first-order chi connectivity index (χ1) is 15.4. The first-order valence-electron chi connectivity index (χ1n) is 9.69. The van der Waals surface area contributed by atoms with Crippen molar-refractivity contribution in [2.24, 2.45) is 0 Å². The highest BCUT2D eigenvalue weighted by molar-refractivity contribution is 8.26. The van der Waals surface area contributed by atoms with Gasteiger partial charge in [-0.3, -0.25) is 19.9 Å². The molecule has 1 saturated heterocycles. The Balaban J connectivity index is 1.45. The first-order valence-corrected chi connectivity index (χ1v) is 12.4. The predicted molar refractivity (Wildman–Crippen MR) is 130 cm³/mol. The molecule has 2 amide bonds. The monoisotopic (exact) mass is 487 g/mol. The second kappa shape index (κ2) is 11.2. The zero-order chi connectivity index (χ0) is 23.0. The van der Waals surface area contributed by atoms with Crippen LogP contribution < -0.4 is 10.3 Å².